The Morgan fingerprint density at radius 3 is 2.41 bits per heavy atom. The molecule has 0 bridgehead atoms. The van der Waals surface area contributed by atoms with Crippen molar-refractivity contribution < 1.29 is 22.0 Å². The van der Waals surface area contributed by atoms with E-state index in [1.54, 1.807) is 35.8 Å². The zero-order valence-corrected chi connectivity index (χ0v) is 18.5. The summed E-state index contributed by atoms with van der Waals surface area (Å²) in [6, 6.07) is 12.9. The molecular formula is C22H22F2N4O3S. The third-order valence-electron chi connectivity index (χ3n) is 4.76. The molecule has 1 aromatic heterocycles. The Kier molecular flexibility index (Phi) is 6.73. The molecule has 0 saturated carbocycles. The van der Waals surface area contributed by atoms with Gasteiger partial charge in [-0.25, -0.2) is 22.6 Å². The quantitative estimate of drug-likeness (QED) is 0.434. The zero-order valence-electron chi connectivity index (χ0n) is 17.7. The van der Waals surface area contributed by atoms with Gasteiger partial charge in [0, 0.05) is 17.0 Å². The van der Waals surface area contributed by atoms with Crippen molar-refractivity contribution in [1.82, 2.24) is 9.99 Å². The van der Waals surface area contributed by atoms with Crippen molar-refractivity contribution in [3.63, 3.8) is 0 Å². The van der Waals surface area contributed by atoms with Crippen molar-refractivity contribution >= 4 is 27.8 Å². The molecule has 0 aliphatic rings. The van der Waals surface area contributed by atoms with Gasteiger partial charge in [0.25, 0.3) is 5.91 Å². The molecule has 1 amide bonds. The Bertz CT molecular complexity index is 1270. The van der Waals surface area contributed by atoms with Gasteiger partial charge in [-0.15, -0.1) is 0 Å². The lowest BCUT2D eigenvalue weighted by Gasteiger charge is -2.21. The first-order valence-corrected chi connectivity index (χ1v) is 11.4. The van der Waals surface area contributed by atoms with Gasteiger partial charge in [0.2, 0.25) is 10.0 Å². The molecule has 3 aromatic rings. The van der Waals surface area contributed by atoms with E-state index < -0.39 is 28.3 Å². The van der Waals surface area contributed by atoms with Crippen LogP contribution in [0.3, 0.4) is 0 Å². The molecule has 0 spiro atoms. The summed E-state index contributed by atoms with van der Waals surface area (Å²) in [5.74, 6) is -1.57. The highest BCUT2D eigenvalue weighted by Crippen LogP contribution is 2.22. The number of hydrogen-bond acceptors (Lipinski definition) is 4. The van der Waals surface area contributed by atoms with E-state index in [0.717, 1.165) is 34.1 Å². The van der Waals surface area contributed by atoms with E-state index in [1.807, 2.05) is 6.92 Å². The number of aryl methyl sites for hydroxylation is 1. The minimum atomic E-state index is -3.79. The Hall–Kier alpha value is -3.53. The van der Waals surface area contributed by atoms with Crippen molar-refractivity contribution in [3.8, 4) is 5.69 Å². The lowest BCUT2D eigenvalue weighted by molar-refractivity contribution is -0.119. The van der Waals surface area contributed by atoms with Gasteiger partial charge in [0.05, 0.1) is 23.8 Å². The summed E-state index contributed by atoms with van der Waals surface area (Å²) in [4.78, 5) is 12.3. The van der Waals surface area contributed by atoms with Crippen LogP contribution in [0, 0.1) is 25.5 Å². The number of hydrazone groups is 1. The molecule has 10 heteroatoms. The number of nitrogens with one attached hydrogen (secondary N) is 1. The number of aromatic nitrogens is 1. The van der Waals surface area contributed by atoms with Crippen molar-refractivity contribution in [2.45, 2.75) is 13.8 Å². The molecule has 3 rings (SSSR count). The number of carbonyl (C=O) groups excluding carboxylic acids is 1. The standard InChI is InChI=1S/C22H22F2N4O3S/c1-15-12-17(16(2)28(15)21-7-5-4-6-20(21)24)13-25-26-22(29)14-27(32(3,30)31)19-10-8-18(23)9-11-19/h4-13H,14H2,1-3H3,(H,26,29)/b25-13-. The van der Waals surface area contributed by atoms with Crippen LogP contribution in [0.1, 0.15) is 17.0 Å². The number of rotatable bonds is 7. The highest BCUT2D eigenvalue weighted by Gasteiger charge is 2.21. The van der Waals surface area contributed by atoms with Crippen molar-refractivity contribution in [2.75, 3.05) is 17.1 Å². The summed E-state index contributed by atoms with van der Waals surface area (Å²) in [7, 11) is -3.79. The summed E-state index contributed by atoms with van der Waals surface area (Å²) < 4.78 is 54.1. The second-order valence-electron chi connectivity index (χ2n) is 7.15. The number of anilines is 1. The second-order valence-corrected chi connectivity index (χ2v) is 9.06. The van der Waals surface area contributed by atoms with Crippen LogP contribution in [0.5, 0.6) is 0 Å². The molecule has 1 N–H and O–H groups in total. The van der Waals surface area contributed by atoms with Crippen LogP contribution >= 0.6 is 0 Å². The molecule has 1 heterocycles. The van der Waals surface area contributed by atoms with Gasteiger partial charge in [-0.3, -0.25) is 9.10 Å². The molecule has 32 heavy (non-hydrogen) atoms. The van der Waals surface area contributed by atoms with Crippen LogP contribution in [0.2, 0.25) is 0 Å². The molecule has 0 fully saturated rings. The lowest BCUT2D eigenvalue weighted by Crippen LogP contribution is -2.39. The topological polar surface area (TPSA) is 83.8 Å². The third kappa shape index (κ3) is 5.20. The first-order chi connectivity index (χ1) is 15.1. The van der Waals surface area contributed by atoms with Gasteiger partial charge >= 0.3 is 0 Å². The minimum Gasteiger partial charge on any atom is -0.315 e. The largest absolute Gasteiger partial charge is 0.315 e. The maximum absolute atomic E-state index is 14.2. The van der Waals surface area contributed by atoms with E-state index in [0.29, 0.717) is 11.3 Å². The van der Waals surface area contributed by atoms with Crippen LogP contribution in [0.15, 0.2) is 59.7 Å². The zero-order chi connectivity index (χ0) is 23.5. The average Bonchev–Trinajstić information content (AvgIpc) is 3.00. The summed E-state index contributed by atoms with van der Waals surface area (Å²) in [5, 5.41) is 3.90. The maximum Gasteiger partial charge on any atom is 0.260 e. The molecule has 0 atom stereocenters. The summed E-state index contributed by atoms with van der Waals surface area (Å²) in [6.07, 6.45) is 2.35. The Morgan fingerprint density at radius 1 is 1.12 bits per heavy atom. The van der Waals surface area contributed by atoms with E-state index in [9.17, 15) is 22.0 Å². The number of halogens is 2. The summed E-state index contributed by atoms with van der Waals surface area (Å²) >= 11 is 0. The fraction of sp³-hybridized carbons (Fsp3) is 0.182. The highest BCUT2D eigenvalue weighted by molar-refractivity contribution is 7.92. The number of para-hydroxylation sites is 1. The number of nitrogens with zero attached hydrogens (tertiary/aromatic N) is 3. The van der Waals surface area contributed by atoms with Gasteiger partial charge in [0.15, 0.2) is 0 Å². The first kappa shape index (κ1) is 23.1. The van der Waals surface area contributed by atoms with Gasteiger partial charge in [-0.05, 0) is 56.3 Å². The van der Waals surface area contributed by atoms with E-state index in [1.165, 1.54) is 24.4 Å². The Morgan fingerprint density at radius 2 is 1.78 bits per heavy atom. The number of hydrogen-bond donors (Lipinski definition) is 1. The molecular weight excluding hydrogens is 438 g/mol. The molecule has 0 saturated heterocycles. The second kappa shape index (κ2) is 9.31. The molecule has 2 aromatic carbocycles. The van der Waals surface area contributed by atoms with Crippen LogP contribution in [-0.2, 0) is 14.8 Å². The van der Waals surface area contributed by atoms with Crippen molar-refractivity contribution in [3.05, 3.63) is 83.2 Å². The fourth-order valence-electron chi connectivity index (χ4n) is 3.27. The average molecular weight is 461 g/mol. The molecule has 0 aliphatic heterocycles. The van der Waals surface area contributed by atoms with Crippen LogP contribution in [0.25, 0.3) is 5.69 Å². The maximum atomic E-state index is 14.2. The number of carbonyl (C=O) groups is 1. The van der Waals surface area contributed by atoms with E-state index >= 15 is 0 Å². The van der Waals surface area contributed by atoms with Crippen LogP contribution < -0.4 is 9.73 Å². The van der Waals surface area contributed by atoms with Crippen LogP contribution in [-0.4, -0.2) is 37.9 Å². The molecule has 168 valence electrons. The van der Waals surface area contributed by atoms with Gasteiger partial charge < -0.3 is 4.57 Å². The third-order valence-corrected chi connectivity index (χ3v) is 5.90. The molecule has 0 unspecified atom stereocenters. The van der Waals surface area contributed by atoms with Gasteiger partial charge in [-0.1, -0.05) is 12.1 Å². The van der Waals surface area contributed by atoms with Crippen LogP contribution in [0.4, 0.5) is 14.5 Å². The SMILES string of the molecule is Cc1cc(/C=N\NC(=O)CN(c2ccc(F)cc2)S(C)(=O)=O)c(C)n1-c1ccccc1F. The van der Waals surface area contributed by atoms with Crippen molar-refractivity contribution in [2.24, 2.45) is 5.10 Å². The number of benzene rings is 2. The normalized spacial score (nSPS) is 11.7. The predicted molar refractivity (Wildman–Crippen MR) is 120 cm³/mol. The smallest absolute Gasteiger partial charge is 0.260 e. The van der Waals surface area contributed by atoms with Gasteiger partial charge in [-0.2, -0.15) is 5.10 Å². The molecule has 7 nitrogen and oxygen atoms in total. The molecule has 0 aliphatic carbocycles. The van der Waals surface area contributed by atoms with E-state index in [4.69, 9.17) is 0 Å². The highest BCUT2D eigenvalue weighted by atomic mass is 32.2. The van der Waals surface area contributed by atoms with Crippen molar-refractivity contribution in [1.29, 1.82) is 0 Å². The molecule has 0 radical (unpaired) electrons. The minimum absolute atomic E-state index is 0.154. The number of sulfonamides is 1. The van der Waals surface area contributed by atoms with E-state index in [2.05, 4.69) is 10.5 Å². The predicted octanol–water partition coefficient (Wildman–Crippen LogP) is 3.29. The number of amides is 1. The summed E-state index contributed by atoms with van der Waals surface area (Å²) in [5.41, 5.74) is 4.99. The Balaban J connectivity index is 1.74. The monoisotopic (exact) mass is 460 g/mol. The fourth-order valence-corrected chi connectivity index (χ4v) is 4.13. The van der Waals surface area contributed by atoms with E-state index in [-0.39, 0.29) is 11.5 Å². The lowest BCUT2D eigenvalue weighted by atomic mass is 10.2. The Labute approximate surface area is 185 Å². The summed E-state index contributed by atoms with van der Waals surface area (Å²) in [6.45, 7) is 3.08. The first-order valence-electron chi connectivity index (χ1n) is 9.57. The van der Waals surface area contributed by atoms with Gasteiger partial charge in [0.1, 0.15) is 18.2 Å².